The number of methoxy groups -OCH3 is 1. The Balaban J connectivity index is 2.38. The number of ether oxygens (including phenoxy) is 1. The van der Waals surface area contributed by atoms with Crippen LogP contribution in [0.5, 0.6) is 0 Å². The molecule has 118 valence electrons. The van der Waals surface area contributed by atoms with E-state index in [1.807, 2.05) is 6.92 Å². The lowest BCUT2D eigenvalue weighted by atomic mass is 10.2. The van der Waals surface area contributed by atoms with Gasteiger partial charge < -0.3 is 10.5 Å². The molecule has 1 aromatic carbocycles. The number of anilines is 1. The van der Waals surface area contributed by atoms with Crippen molar-refractivity contribution in [3.63, 3.8) is 0 Å². The van der Waals surface area contributed by atoms with Crippen LogP contribution in [0.15, 0.2) is 23.1 Å². The van der Waals surface area contributed by atoms with E-state index in [0.29, 0.717) is 5.92 Å². The summed E-state index contributed by atoms with van der Waals surface area (Å²) in [6.07, 6.45) is 2.03. The van der Waals surface area contributed by atoms with Gasteiger partial charge in [0.1, 0.15) is 10.7 Å². The molecule has 1 atom stereocenters. The average molecular weight is 316 g/mol. The number of rotatable bonds is 7. The molecule has 1 aromatic rings. The van der Waals surface area contributed by atoms with Gasteiger partial charge in [-0.25, -0.2) is 12.8 Å². The normalized spacial score (nSPS) is 17.1. The maximum atomic E-state index is 13.4. The maximum absolute atomic E-state index is 13.4. The van der Waals surface area contributed by atoms with Crippen molar-refractivity contribution in [1.82, 2.24) is 4.31 Å². The number of hydrogen-bond donors (Lipinski definition) is 1. The van der Waals surface area contributed by atoms with Crippen LogP contribution in [-0.2, 0) is 14.8 Å². The van der Waals surface area contributed by atoms with Gasteiger partial charge in [-0.15, -0.1) is 0 Å². The predicted molar refractivity (Wildman–Crippen MR) is 78.8 cm³/mol. The number of sulfonamides is 1. The molecule has 0 radical (unpaired) electrons. The molecule has 1 unspecified atom stereocenters. The molecule has 2 N–H and O–H groups in total. The zero-order valence-electron chi connectivity index (χ0n) is 12.3. The molecular formula is C14H21FN2O3S. The summed E-state index contributed by atoms with van der Waals surface area (Å²) in [7, 11) is -2.33. The first-order chi connectivity index (χ1) is 9.87. The fourth-order valence-corrected chi connectivity index (χ4v) is 4.20. The lowest BCUT2D eigenvalue weighted by Crippen LogP contribution is -2.42. The second-order valence-corrected chi connectivity index (χ2v) is 7.23. The van der Waals surface area contributed by atoms with Crippen LogP contribution in [0.4, 0.5) is 10.1 Å². The third kappa shape index (κ3) is 3.53. The van der Waals surface area contributed by atoms with E-state index in [1.165, 1.54) is 17.5 Å². The van der Waals surface area contributed by atoms with E-state index in [2.05, 4.69) is 0 Å². The van der Waals surface area contributed by atoms with Crippen LogP contribution in [0, 0.1) is 11.7 Å². The molecule has 21 heavy (non-hydrogen) atoms. The highest BCUT2D eigenvalue weighted by Crippen LogP contribution is 2.37. The Morgan fingerprint density at radius 3 is 2.71 bits per heavy atom. The molecule has 1 aliphatic rings. The molecule has 0 aromatic heterocycles. The zero-order valence-corrected chi connectivity index (χ0v) is 13.1. The highest BCUT2D eigenvalue weighted by atomic mass is 32.2. The zero-order chi connectivity index (χ0) is 15.6. The Hall–Kier alpha value is -1.18. The summed E-state index contributed by atoms with van der Waals surface area (Å²) >= 11 is 0. The third-order valence-electron chi connectivity index (χ3n) is 3.84. The summed E-state index contributed by atoms with van der Waals surface area (Å²) in [6, 6.07) is 3.26. The minimum Gasteiger partial charge on any atom is -0.398 e. The first-order valence-electron chi connectivity index (χ1n) is 6.93. The van der Waals surface area contributed by atoms with Gasteiger partial charge in [-0.2, -0.15) is 4.31 Å². The molecule has 0 aliphatic heterocycles. The van der Waals surface area contributed by atoms with Gasteiger partial charge in [0.05, 0.1) is 12.3 Å². The Kier molecular flexibility index (Phi) is 4.85. The van der Waals surface area contributed by atoms with Crippen LogP contribution in [0.2, 0.25) is 0 Å². The molecule has 1 saturated carbocycles. The van der Waals surface area contributed by atoms with E-state index >= 15 is 0 Å². The molecule has 7 heteroatoms. The van der Waals surface area contributed by atoms with Crippen molar-refractivity contribution in [1.29, 1.82) is 0 Å². The molecule has 0 bridgehead atoms. The third-order valence-corrected chi connectivity index (χ3v) is 5.88. The van der Waals surface area contributed by atoms with Crippen molar-refractivity contribution in [3.05, 3.63) is 24.0 Å². The van der Waals surface area contributed by atoms with Crippen molar-refractivity contribution in [3.8, 4) is 0 Å². The first-order valence-corrected chi connectivity index (χ1v) is 8.37. The standard InChI is InChI=1S/C14H21FN2O3S/c1-10(11-3-4-11)17(7-8-20-2)21(18,19)14-9-12(15)5-6-13(14)16/h5-6,9-11H,3-4,7-8,16H2,1-2H3. The average Bonchev–Trinajstić information content (AvgIpc) is 3.25. The molecule has 2 rings (SSSR count). The Morgan fingerprint density at radius 2 is 2.14 bits per heavy atom. The monoisotopic (exact) mass is 316 g/mol. The van der Waals surface area contributed by atoms with Gasteiger partial charge in [-0.1, -0.05) is 0 Å². The fraction of sp³-hybridized carbons (Fsp3) is 0.571. The summed E-state index contributed by atoms with van der Waals surface area (Å²) in [5.41, 5.74) is 5.79. The summed E-state index contributed by atoms with van der Waals surface area (Å²) in [5.74, 6) is -0.264. The van der Waals surface area contributed by atoms with E-state index in [-0.39, 0.29) is 29.8 Å². The lowest BCUT2D eigenvalue weighted by molar-refractivity contribution is 0.164. The highest BCUT2D eigenvalue weighted by molar-refractivity contribution is 7.89. The quantitative estimate of drug-likeness (QED) is 0.779. The minimum atomic E-state index is -3.84. The molecule has 1 fully saturated rings. The van der Waals surface area contributed by atoms with Crippen LogP contribution in [0.25, 0.3) is 0 Å². The topological polar surface area (TPSA) is 72.6 Å². The van der Waals surface area contributed by atoms with Crippen molar-refractivity contribution in [2.24, 2.45) is 5.92 Å². The molecule has 0 saturated heterocycles. The van der Waals surface area contributed by atoms with Crippen LogP contribution < -0.4 is 5.73 Å². The number of nitrogens with two attached hydrogens (primary N) is 1. The van der Waals surface area contributed by atoms with Crippen molar-refractivity contribution in [2.45, 2.75) is 30.7 Å². The van der Waals surface area contributed by atoms with E-state index in [0.717, 1.165) is 25.0 Å². The lowest BCUT2D eigenvalue weighted by Gasteiger charge is -2.28. The molecule has 0 spiro atoms. The SMILES string of the molecule is COCCN(C(C)C1CC1)S(=O)(=O)c1cc(F)ccc1N. The smallest absolute Gasteiger partial charge is 0.245 e. The highest BCUT2D eigenvalue weighted by Gasteiger charge is 2.38. The molecule has 1 aliphatic carbocycles. The maximum Gasteiger partial charge on any atom is 0.245 e. The van der Waals surface area contributed by atoms with Crippen LogP contribution in [0.1, 0.15) is 19.8 Å². The second-order valence-electron chi connectivity index (χ2n) is 5.37. The van der Waals surface area contributed by atoms with Gasteiger partial charge in [-0.3, -0.25) is 0 Å². The van der Waals surface area contributed by atoms with Gasteiger partial charge in [0.15, 0.2) is 0 Å². The van der Waals surface area contributed by atoms with Crippen molar-refractivity contribution in [2.75, 3.05) is 26.0 Å². The van der Waals surface area contributed by atoms with Gasteiger partial charge in [0.25, 0.3) is 0 Å². The molecule has 0 heterocycles. The first kappa shape index (κ1) is 16.2. The predicted octanol–water partition coefficient (Wildman–Crippen LogP) is 1.84. The van der Waals surface area contributed by atoms with Gasteiger partial charge in [0, 0.05) is 19.7 Å². The van der Waals surface area contributed by atoms with E-state index in [9.17, 15) is 12.8 Å². The summed E-state index contributed by atoms with van der Waals surface area (Å²) < 4.78 is 45.4. The number of nitrogen functional groups attached to an aromatic ring is 1. The largest absolute Gasteiger partial charge is 0.398 e. The van der Waals surface area contributed by atoms with E-state index in [4.69, 9.17) is 10.5 Å². The van der Waals surface area contributed by atoms with Crippen LogP contribution in [0.3, 0.4) is 0 Å². The fourth-order valence-electron chi connectivity index (χ4n) is 2.40. The van der Waals surface area contributed by atoms with Gasteiger partial charge in [0.2, 0.25) is 10.0 Å². The summed E-state index contributed by atoms with van der Waals surface area (Å²) in [5, 5.41) is 0. The number of halogens is 1. The second kappa shape index (κ2) is 6.29. The van der Waals surface area contributed by atoms with Crippen molar-refractivity contribution >= 4 is 15.7 Å². The van der Waals surface area contributed by atoms with Gasteiger partial charge in [-0.05, 0) is 43.9 Å². The summed E-state index contributed by atoms with van der Waals surface area (Å²) in [6.45, 7) is 2.39. The number of hydrogen-bond acceptors (Lipinski definition) is 4. The van der Waals surface area contributed by atoms with E-state index in [1.54, 1.807) is 0 Å². The van der Waals surface area contributed by atoms with Crippen LogP contribution >= 0.6 is 0 Å². The Labute approximate surface area is 124 Å². The summed E-state index contributed by atoms with van der Waals surface area (Å²) in [4.78, 5) is -0.175. The van der Waals surface area contributed by atoms with Crippen molar-refractivity contribution < 1.29 is 17.5 Å². The van der Waals surface area contributed by atoms with Crippen LogP contribution in [-0.4, -0.2) is 39.0 Å². The molecule has 0 amide bonds. The molecule has 5 nitrogen and oxygen atoms in total. The Morgan fingerprint density at radius 1 is 1.48 bits per heavy atom. The number of benzene rings is 1. The molecular weight excluding hydrogens is 295 g/mol. The number of nitrogens with zero attached hydrogens (tertiary/aromatic N) is 1. The minimum absolute atomic E-state index is 0.0572. The van der Waals surface area contributed by atoms with Gasteiger partial charge >= 0.3 is 0 Å². The Bertz CT molecular complexity index is 602. The van der Waals surface area contributed by atoms with E-state index < -0.39 is 15.8 Å².